The van der Waals surface area contributed by atoms with E-state index in [1.165, 1.54) is 0 Å². The summed E-state index contributed by atoms with van der Waals surface area (Å²) in [5, 5.41) is 2.94. The number of para-hydroxylation sites is 2. The van der Waals surface area contributed by atoms with Crippen LogP contribution >= 0.6 is 24.8 Å². The first-order valence-corrected chi connectivity index (χ1v) is 7.08. The minimum atomic E-state index is -0.676. The quantitative estimate of drug-likeness (QED) is 0.897. The standard InChI is InChI=1S/C15H20N4O.2ClH/c1-19-12-7-3-2-6-11(12)18-13(19)10-17-14(20)15(16)8-4-5-9-15;;/h2-3,6-7H,4-5,8-10,16H2,1H3,(H,17,20);2*1H. The van der Waals surface area contributed by atoms with E-state index in [2.05, 4.69) is 10.3 Å². The molecular formula is C15H22Cl2N4O. The van der Waals surface area contributed by atoms with E-state index in [0.29, 0.717) is 6.54 Å². The van der Waals surface area contributed by atoms with Crippen LogP contribution in [0, 0.1) is 0 Å². The highest BCUT2D eigenvalue weighted by Gasteiger charge is 2.36. The van der Waals surface area contributed by atoms with Gasteiger partial charge in [0, 0.05) is 7.05 Å². The molecule has 0 bridgehead atoms. The van der Waals surface area contributed by atoms with Crippen LogP contribution in [-0.4, -0.2) is 21.0 Å². The summed E-state index contributed by atoms with van der Waals surface area (Å²) in [5.41, 5.74) is 7.48. The molecule has 0 spiro atoms. The van der Waals surface area contributed by atoms with Gasteiger partial charge < -0.3 is 15.6 Å². The van der Waals surface area contributed by atoms with E-state index in [0.717, 1.165) is 42.5 Å². The van der Waals surface area contributed by atoms with Gasteiger partial charge >= 0.3 is 0 Å². The number of nitrogens with two attached hydrogens (primary N) is 1. The SMILES string of the molecule is Cl.Cl.Cn1c(CNC(=O)C2(N)CCCC2)nc2ccccc21. The van der Waals surface area contributed by atoms with Gasteiger partial charge in [0.05, 0.1) is 23.1 Å². The maximum absolute atomic E-state index is 12.2. The Morgan fingerprint density at radius 1 is 1.32 bits per heavy atom. The summed E-state index contributed by atoms with van der Waals surface area (Å²) in [6, 6.07) is 7.95. The van der Waals surface area contributed by atoms with Crippen molar-refractivity contribution >= 4 is 41.8 Å². The molecule has 0 aliphatic heterocycles. The third-order valence-corrected chi connectivity index (χ3v) is 4.23. The van der Waals surface area contributed by atoms with Crippen LogP contribution < -0.4 is 11.1 Å². The number of hydrogen-bond donors (Lipinski definition) is 2. The van der Waals surface area contributed by atoms with Crippen LogP contribution in [0.2, 0.25) is 0 Å². The zero-order valence-corrected chi connectivity index (χ0v) is 14.2. The van der Waals surface area contributed by atoms with Crippen LogP contribution in [0.4, 0.5) is 0 Å². The van der Waals surface area contributed by atoms with Gasteiger partial charge in [0.15, 0.2) is 0 Å². The number of aromatic nitrogens is 2. The van der Waals surface area contributed by atoms with Crippen LogP contribution in [0.25, 0.3) is 11.0 Å². The monoisotopic (exact) mass is 344 g/mol. The molecule has 1 aromatic carbocycles. The molecule has 0 radical (unpaired) electrons. The molecule has 1 amide bonds. The highest BCUT2D eigenvalue weighted by atomic mass is 35.5. The highest BCUT2D eigenvalue weighted by Crippen LogP contribution is 2.27. The predicted octanol–water partition coefficient (Wildman–Crippen LogP) is 2.30. The summed E-state index contributed by atoms with van der Waals surface area (Å²) in [5.74, 6) is 0.795. The molecule has 5 nitrogen and oxygen atoms in total. The van der Waals surface area contributed by atoms with E-state index >= 15 is 0 Å². The summed E-state index contributed by atoms with van der Waals surface area (Å²) >= 11 is 0. The number of nitrogens with zero attached hydrogens (tertiary/aromatic N) is 2. The Morgan fingerprint density at radius 3 is 2.59 bits per heavy atom. The Hall–Kier alpha value is -1.30. The Labute approximate surface area is 142 Å². The third-order valence-electron chi connectivity index (χ3n) is 4.23. The Balaban J connectivity index is 0.00000121. The highest BCUT2D eigenvalue weighted by molar-refractivity contribution is 5.86. The van der Waals surface area contributed by atoms with Gasteiger partial charge in [-0.2, -0.15) is 0 Å². The maximum Gasteiger partial charge on any atom is 0.240 e. The first-order valence-electron chi connectivity index (χ1n) is 7.08. The van der Waals surface area contributed by atoms with Crippen molar-refractivity contribution in [2.45, 2.75) is 37.8 Å². The van der Waals surface area contributed by atoms with Gasteiger partial charge in [-0.15, -0.1) is 24.8 Å². The van der Waals surface area contributed by atoms with E-state index in [1.54, 1.807) is 0 Å². The van der Waals surface area contributed by atoms with Gasteiger partial charge in [0.25, 0.3) is 0 Å². The normalized spacial score (nSPS) is 15.9. The second kappa shape index (κ2) is 7.31. The van der Waals surface area contributed by atoms with Gasteiger partial charge in [-0.1, -0.05) is 25.0 Å². The molecule has 3 rings (SSSR count). The van der Waals surface area contributed by atoms with Crippen LogP contribution in [0.1, 0.15) is 31.5 Å². The molecule has 1 aliphatic rings. The van der Waals surface area contributed by atoms with Crippen LogP contribution in [0.3, 0.4) is 0 Å². The van der Waals surface area contributed by atoms with E-state index in [-0.39, 0.29) is 30.7 Å². The largest absolute Gasteiger partial charge is 0.347 e. The number of halogens is 2. The molecular weight excluding hydrogens is 323 g/mol. The average Bonchev–Trinajstić information content (AvgIpc) is 3.03. The molecule has 3 N–H and O–H groups in total. The van der Waals surface area contributed by atoms with E-state index in [1.807, 2.05) is 35.9 Å². The van der Waals surface area contributed by atoms with Gasteiger partial charge in [0.1, 0.15) is 5.82 Å². The van der Waals surface area contributed by atoms with Crippen molar-refractivity contribution in [2.24, 2.45) is 12.8 Å². The summed E-state index contributed by atoms with van der Waals surface area (Å²) in [7, 11) is 1.96. The minimum Gasteiger partial charge on any atom is -0.347 e. The number of rotatable bonds is 3. The number of aryl methyl sites for hydroxylation is 1. The molecule has 0 saturated heterocycles. The van der Waals surface area contributed by atoms with Gasteiger partial charge in [-0.3, -0.25) is 4.79 Å². The molecule has 2 aromatic rings. The Morgan fingerprint density at radius 2 is 1.95 bits per heavy atom. The number of hydrogen-bond acceptors (Lipinski definition) is 3. The van der Waals surface area contributed by atoms with Crippen molar-refractivity contribution in [1.29, 1.82) is 0 Å². The molecule has 1 fully saturated rings. The van der Waals surface area contributed by atoms with Gasteiger partial charge in [-0.25, -0.2) is 4.98 Å². The number of carbonyl (C=O) groups excluding carboxylic acids is 1. The molecule has 122 valence electrons. The molecule has 1 aliphatic carbocycles. The van der Waals surface area contributed by atoms with Crippen molar-refractivity contribution in [3.05, 3.63) is 30.1 Å². The van der Waals surface area contributed by atoms with Crippen LogP contribution in [0.5, 0.6) is 0 Å². The fraction of sp³-hybridized carbons (Fsp3) is 0.467. The smallest absolute Gasteiger partial charge is 0.240 e. The fourth-order valence-electron chi connectivity index (χ4n) is 2.92. The number of fused-ring (bicyclic) bond motifs is 1. The first-order chi connectivity index (χ1) is 9.60. The molecule has 1 saturated carbocycles. The zero-order chi connectivity index (χ0) is 14.2. The summed E-state index contributed by atoms with van der Waals surface area (Å²) in [6.07, 6.45) is 3.63. The molecule has 7 heteroatoms. The number of benzene rings is 1. The lowest BCUT2D eigenvalue weighted by atomic mass is 9.98. The Bertz CT molecular complexity index is 650. The second-order valence-corrected chi connectivity index (χ2v) is 5.62. The van der Waals surface area contributed by atoms with Crippen molar-refractivity contribution in [3.63, 3.8) is 0 Å². The molecule has 1 aromatic heterocycles. The molecule has 0 atom stereocenters. The zero-order valence-electron chi connectivity index (χ0n) is 12.5. The van der Waals surface area contributed by atoms with Crippen molar-refractivity contribution in [1.82, 2.24) is 14.9 Å². The number of nitrogens with one attached hydrogen (secondary N) is 1. The minimum absolute atomic E-state index is 0. The van der Waals surface area contributed by atoms with Crippen molar-refractivity contribution in [3.8, 4) is 0 Å². The van der Waals surface area contributed by atoms with Crippen molar-refractivity contribution < 1.29 is 4.79 Å². The van der Waals surface area contributed by atoms with E-state index in [9.17, 15) is 4.79 Å². The number of imidazole rings is 1. The molecule has 1 heterocycles. The Kier molecular flexibility index (Phi) is 6.23. The first kappa shape index (κ1) is 18.7. The lowest BCUT2D eigenvalue weighted by Crippen LogP contribution is -2.51. The van der Waals surface area contributed by atoms with Crippen LogP contribution in [0.15, 0.2) is 24.3 Å². The fourth-order valence-corrected chi connectivity index (χ4v) is 2.92. The molecule has 0 unspecified atom stereocenters. The average molecular weight is 345 g/mol. The predicted molar refractivity (Wildman–Crippen MR) is 92.4 cm³/mol. The molecule has 22 heavy (non-hydrogen) atoms. The second-order valence-electron chi connectivity index (χ2n) is 5.62. The summed E-state index contributed by atoms with van der Waals surface area (Å²) < 4.78 is 2.01. The lowest BCUT2D eigenvalue weighted by Gasteiger charge is -2.22. The van der Waals surface area contributed by atoms with Crippen molar-refractivity contribution in [2.75, 3.05) is 0 Å². The summed E-state index contributed by atoms with van der Waals surface area (Å²) in [4.78, 5) is 16.7. The van der Waals surface area contributed by atoms with E-state index < -0.39 is 5.54 Å². The maximum atomic E-state index is 12.2. The van der Waals surface area contributed by atoms with E-state index in [4.69, 9.17) is 5.73 Å². The number of carbonyl (C=O) groups is 1. The number of amides is 1. The topological polar surface area (TPSA) is 72.9 Å². The summed E-state index contributed by atoms with van der Waals surface area (Å²) in [6.45, 7) is 0.420. The van der Waals surface area contributed by atoms with Gasteiger partial charge in [-0.05, 0) is 25.0 Å². The van der Waals surface area contributed by atoms with Crippen LogP contribution in [-0.2, 0) is 18.4 Å². The third kappa shape index (κ3) is 3.37. The van der Waals surface area contributed by atoms with Gasteiger partial charge in [0.2, 0.25) is 5.91 Å². The lowest BCUT2D eigenvalue weighted by molar-refractivity contribution is -0.126.